The molecule has 0 bridgehead atoms. The zero-order valence-corrected chi connectivity index (χ0v) is 16.6. The second-order valence-electron chi connectivity index (χ2n) is 6.49. The smallest absolute Gasteiger partial charge is 0.235 e. The van der Waals surface area contributed by atoms with Gasteiger partial charge in [0, 0.05) is 5.56 Å². The van der Waals surface area contributed by atoms with E-state index >= 15 is 0 Å². The van der Waals surface area contributed by atoms with Gasteiger partial charge in [-0.25, -0.2) is 0 Å². The lowest BCUT2D eigenvalue weighted by Crippen LogP contribution is -2.10. The highest BCUT2D eigenvalue weighted by atomic mass is 35.5. The number of hydrogen-bond acceptors (Lipinski definition) is 3. The second kappa shape index (κ2) is 7.70. The molecule has 0 saturated carbocycles. The molecule has 3 nitrogen and oxygen atoms in total. The van der Waals surface area contributed by atoms with Crippen molar-refractivity contribution < 1.29 is 9.15 Å². The van der Waals surface area contributed by atoms with Crippen LogP contribution < -0.4 is 10.2 Å². The summed E-state index contributed by atoms with van der Waals surface area (Å²) in [6.07, 6.45) is 0. The first-order valence-corrected chi connectivity index (χ1v) is 9.48. The summed E-state index contributed by atoms with van der Waals surface area (Å²) >= 11 is 12.1. The second-order valence-corrected chi connectivity index (χ2v) is 7.31. The predicted molar refractivity (Wildman–Crippen MR) is 113 cm³/mol. The van der Waals surface area contributed by atoms with Crippen LogP contribution >= 0.6 is 23.2 Å². The normalized spacial score (nSPS) is 11.0. The summed E-state index contributed by atoms with van der Waals surface area (Å²) in [7, 11) is 0. The zero-order chi connectivity index (χ0) is 19.7. The Bertz CT molecular complexity index is 1210. The summed E-state index contributed by atoms with van der Waals surface area (Å²) in [6.45, 7) is 2.10. The van der Waals surface area contributed by atoms with Crippen molar-refractivity contribution in [1.29, 1.82) is 0 Å². The molecule has 4 rings (SSSR count). The average Bonchev–Trinajstić information content (AvgIpc) is 2.71. The fraction of sp³-hybridized carbons (Fsp3) is 0.0870. The summed E-state index contributed by atoms with van der Waals surface area (Å²) in [6, 6.07) is 20.2. The maximum absolute atomic E-state index is 13.2. The summed E-state index contributed by atoms with van der Waals surface area (Å²) in [5.41, 5.74) is 2.87. The number of benzene rings is 3. The van der Waals surface area contributed by atoms with Gasteiger partial charge in [-0.3, -0.25) is 4.79 Å². The van der Waals surface area contributed by atoms with Crippen molar-refractivity contribution in [2.75, 3.05) is 0 Å². The maximum atomic E-state index is 13.2. The molecule has 28 heavy (non-hydrogen) atoms. The van der Waals surface area contributed by atoms with Crippen molar-refractivity contribution in [3.05, 3.63) is 98.1 Å². The quantitative estimate of drug-likeness (QED) is 0.377. The van der Waals surface area contributed by atoms with Gasteiger partial charge in [0.2, 0.25) is 11.2 Å². The first-order chi connectivity index (χ1) is 13.5. The molecule has 0 fully saturated rings. The third-order valence-corrected chi connectivity index (χ3v) is 5.15. The van der Waals surface area contributed by atoms with Crippen molar-refractivity contribution in [2.24, 2.45) is 0 Å². The van der Waals surface area contributed by atoms with Gasteiger partial charge in [0.15, 0.2) is 5.76 Å². The molecule has 0 amide bonds. The van der Waals surface area contributed by atoms with E-state index in [4.69, 9.17) is 32.4 Å². The summed E-state index contributed by atoms with van der Waals surface area (Å²) < 4.78 is 12.0. The molecule has 1 aromatic heterocycles. The highest BCUT2D eigenvalue weighted by Crippen LogP contribution is 2.32. The van der Waals surface area contributed by atoms with Gasteiger partial charge < -0.3 is 9.15 Å². The lowest BCUT2D eigenvalue weighted by Gasteiger charge is -2.12. The Kier molecular flexibility index (Phi) is 5.12. The summed E-state index contributed by atoms with van der Waals surface area (Å²) in [5.74, 6) is 0.581. The monoisotopic (exact) mass is 410 g/mol. The molecule has 0 N–H and O–H groups in total. The van der Waals surface area contributed by atoms with E-state index in [1.807, 2.05) is 55.5 Å². The van der Waals surface area contributed by atoms with Gasteiger partial charge in [0.1, 0.15) is 12.2 Å². The topological polar surface area (TPSA) is 39.4 Å². The van der Waals surface area contributed by atoms with Gasteiger partial charge in [-0.15, -0.1) is 0 Å². The van der Waals surface area contributed by atoms with Gasteiger partial charge in [-0.05, 0) is 36.8 Å². The minimum atomic E-state index is -0.205. The molecule has 0 unspecified atom stereocenters. The van der Waals surface area contributed by atoms with Crippen LogP contribution in [0.15, 0.2) is 75.9 Å². The van der Waals surface area contributed by atoms with Gasteiger partial charge >= 0.3 is 0 Å². The largest absolute Gasteiger partial charge is 0.481 e. The van der Waals surface area contributed by atoms with Crippen LogP contribution in [0.4, 0.5) is 0 Å². The van der Waals surface area contributed by atoms with Crippen LogP contribution in [-0.2, 0) is 6.61 Å². The van der Waals surface area contributed by atoms with E-state index < -0.39 is 0 Å². The summed E-state index contributed by atoms with van der Waals surface area (Å²) in [4.78, 5) is 13.2. The maximum Gasteiger partial charge on any atom is 0.235 e. The molecule has 0 aliphatic carbocycles. The van der Waals surface area contributed by atoms with Crippen molar-refractivity contribution >= 4 is 34.2 Å². The molecule has 0 aliphatic rings. The first-order valence-electron chi connectivity index (χ1n) is 8.72. The van der Waals surface area contributed by atoms with E-state index in [-0.39, 0.29) is 17.8 Å². The van der Waals surface area contributed by atoms with Crippen molar-refractivity contribution in [3.63, 3.8) is 0 Å². The molecule has 0 atom stereocenters. The number of fused-ring (bicyclic) bond motifs is 1. The van der Waals surface area contributed by atoms with Crippen molar-refractivity contribution in [1.82, 2.24) is 0 Å². The Morgan fingerprint density at radius 2 is 1.71 bits per heavy atom. The molecular weight excluding hydrogens is 395 g/mol. The van der Waals surface area contributed by atoms with E-state index in [9.17, 15) is 4.79 Å². The Morgan fingerprint density at radius 1 is 0.929 bits per heavy atom. The Labute approximate surface area is 172 Å². The van der Waals surface area contributed by atoms with E-state index in [2.05, 4.69) is 0 Å². The van der Waals surface area contributed by atoms with E-state index in [1.54, 1.807) is 18.2 Å². The Hall–Kier alpha value is -2.75. The van der Waals surface area contributed by atoms with E-state index in [0.717, 1.165) is 16.7 Å². The third kappa shape index (κ3) is 3.64. The van der Waals surface area contributed by atoms with Crippen molar-refractivity contribution in [2.45, 2.75) is 13.5 Å². The molecule has 0 radical (unpaired) electrons. The van der Waals surface area contributed by atoms with Gasteiger partial charge in [0.05, 0.1) is 15.4 Å². The number of ether oxygens (including phenoxy) is 1. The molecule has 0 aliphatic heterocycles. The van der Waals surface area contributed by atoms with E-state index in [1.165, 1.54) is 0 Å². The minimum absolute atomic E-state index is 0.165. The lowest BCUT2D eigenvalue weighted by atomic mass is 10.1. The van der Waals surface area contributed by atoms with Gasteiger partial charge in [-0.1, -0.05) is 71.2 Å². The first kappa shape index (κ1) is 18.6. The van der Waals surface area contributed by atoms with E-state index in [0.29, 0.717) is 26.8 Å². The number of rotatable bonds is 4. The Morgan fingerprint density at radius 3 is 2.46 bits per heavy atom. The molecule has 0 saturated heterocycles. The molecule has 3 aromatic carbocycles. The number of aryl methyl sites for hydroxylation is 1. The van der Waals surface area contributed by atoms with Crippen LogP contribution in [0, 0.1) is 6.92 Å². The predicted octanol–water partition coefficient (Wildman–Crippen LogP) is 6.65. The van der Waals surface area contributed by atoms with Crippen LogP contribution in [-0.4, -0.2) is 0 Å². The van der Waals surface area contributed by atoms with Crippen molar-refractivity contribution in [3.8, 4) is 17.1 Å². The highest BCUT2D eigenvalue weighted by molar-refractivity contribution is 6.42. The molecule has 0 spiro atoms. The van der Waals surface area contributed by atoms with Crippen LogP contribution in [0.1, 0.15) is 11.1 Å². The molecule has 140 valence electrons. The molecular formula is C23H16Cl2O3. The standard InChI is InChI=1S/C23H16Cl2O3/c1-14-7-10-20-17(11-14)21(26)23(22(28-20)16-5-3-2-4-6-16)27-13-15-8-9-18(24)19(25)12-15/h2-12H,13H2,1H3. The zero-order valence-electron chi connectivity index (χ0n) is 15.0. The summed E-state index contributed by atoms with van der Waals surface area (Å²) in [5, 5.41) is 1.40. The third-order valence-electron chi connectivity index (χ3n) is 4.41. The minimum Gasteiger partial charge on any atom is -0.481 e. The van der Waals surface area contributed by atoms with Crippen LogP contribution in [0.3, 0.4) is 0 Å². The van der Waals surface area contributed by atoms with Gasteiger partial charge in [-0.2, -0.15) is 0 Å². The van der Waals surface area contributed by atoms with Crippen LogP contribution in [0.2, 0.25) is 10.0 Å². The number of halogens is 2. The number of hydrogen-bond donors (Lipinski definition) is 0. The highest BCUT2D eigenvalue weighted by Gasteiger charge is 2.18. The molecule has 5 heteroatoms. The van der Waals surface area contributed by atoms with Crippen LogP contribution in [0.5, 0.6) is 5.75 Å². The SMILES string of the molecule is Cc1ccc2oc(-c3ccccc3)c(OCc3ccc(Cl)c(Cl)c3)c(=O)c2c1. The van der Waals surface area contributed by atoms with Gasteiger partial charge in [0.25, 0.3) is 0 Å². The molecule has 4 aromatic rings. The fourth-order valence-electron chi connectivity index (χ4n) is 2.99. The lowest BCUT2D eigenvalue weighted by molar-refractivity contribution is 0.298. The Balaban J connectivity index is 1.83. The average molecular weight is 411 g/mol. The van der Waals surface area contributed by atoms with Crippen LogP contribution in [0.25, 0.3) is 22.3 Å². The fourth-order valence-corrected chi connectivity index (χ4v) is 3.31. The molecule has 1 heterocycles.